The number of carbonyl (C=O) groups is 1. The van der Waals surface area contributed by atoms with Gasteiger partial charge in [0, 0.05) is 19.0 Å². The number of nitrogens with one attached hydrogen (secondary N) is 2. The summed E-state index contributed by atoms with van der Waals surface area (Å²) in [5.74, 6) is 1.33. The summed E-state index contributed by atoms with van der Waals surface area (Å²) >= 11 is 1.82. The van der Waals surface area contributed by atoms with Crippen LogP contribution in [0.5, 0.6) is 0 Å². The van der Waals surface area contributed by atoms with Gasteiger partial charge in [0.2, 0.25) is 5.91 Å². The fraction of sp³-hybridized carbons (Fsp3) is 0.900. The lowest BCUT2D eigenvalue weighted by atomic mass is 10.1. The normalized spacial score (nSPS) is 19.7. The molecule has 0 aromatic heterocycles. The quantitative estimate of drug-likeness (QED) is 0.703. The molecular weight excluding hydrogens is 232 g/mol. The highest BCUT2D eigenvalue weighted by Gasteiger charge is 2.16. The smallest absolute Gasteiger partial charge is 0.221 e. The van der Waals surface area contributed by atoms with Crippen molar-refractivity contribution in [3.05, 3.63) is 0 Å². The first kappa shape index (κ1) is 15.1. The number of amides is 1. The largest absolute Gasteiger partial charge is 0.356 e. The van der Waals surface area contributed by atoms with E-state index in [1.807, 2.05) is 11.8 Å². The molecule has 0 saturated carbocycles. The lowest BCUT2D eigenvalue weighted by Gasteiger charge is -2.09. The molecule has 2 N–H and O–H groups in total. The molecule has 0 spiro atoms. The van der Waals surface area contributed by atoms with Gasteiger partial charge >= 0.3 is 0 Å². The van der Waals surface area contributed by atoms with E-state index in [2.05, 4.69) is 16.9 Å². The molecular formula is C10H21ClN2OS. The zero-order valence-corrected chi connectivity index (χ0v) is 10.9. The number of hydrogen-bond acceptors (Lipinski definition) is 3. The van der Waals surface area contributed by atoms with Crippen molar-refractivity contribution in [2.75, 3.05) is 25.1 Å². The highest BCUT2D eigenvalue weighted by Crippen LogP contribution is 2.08. The maximum atomic E-state index is 11.4. The second kappa shape index (κ2) is 9.31. The predicted octanol–water partition coefficient (Wildman–Crippen LogP) is 1.42. The number of thioether (sulfide) groups is 1. The van der Waals surface area contributed by atoms with E-state index in [1.165, 1.54) is 6.42 Å². The van der Waals surface area contributed by atoms with Gasteiger partial charge in [-0.1, -0.05) is 0 Å². The van der Waals surface area contributed by atoms with Gasteiger partial charge in [0.25, 0.3) is 0 Å². The van der Waals surface area contributed by atoms with Crippen LogP contribution in [0.1, 0.15) is 25.7 Å². The first-order chi connectivity index (χ1) is 6.83. The molecule has 0 aromatic carbocycles. The maximum Gasteiger partial charge on any atom is 0.221 e. The van der Waals surface area contributed by atoms with Crippen molar-refractivity contribution in [2.45, 2.75) is 31.7 Å². The van der Waals surface area contributed by atoms with E-state index < -0.39 is 0 Å². The molecule has 5 heteroatoms. The Hall–Kier alpha value is 0.0700. The molecule has 1 unspecified atom stereocenters. The summed E-state index contributed by atoms with van der Waals surface area (Å²) < 4.78 is 0. The van der Waals surface area contributed by atoms with Crippen molar-refractivity contribution >= 4 is 30.1 Å². The van der Waals surface area contributed by atoms with Gasteiger partial charge in [-0.15, -0.1) is 12.4 Å². The van der Waals surface area contributed by atoms with E-state index in [4.69, 9.17) is 0 Å². The molecule has 1 saturated heterocycles. The van der Waals surface area contributed by atoms with Crippen LogP contribution in [0.15, 0.2) is 0 Å². The lowest BCUT2D eigenvalue weighted by Crippen LogP contribution is -2.32. The summed E-state index contributed by atoms with van der Waals surface area (Å²) in [6.07, 6.45) is 6.18. The SMILES string of the molecule is CSCCCNC(=O)CC1CCCN1.Cl. The van der Waals surface area contributed by atoms with Crippen LogP contribution in [-0.2, 0) is 4.79 Å². The van der Waals surface area contributed by atoms with Crippen LogP contribution in [0, 0.1) is 0 Å². The Morgan fingerprint density at radius 1 is 1.60 bits per heavy atom. The topological polar surface area (TPSA) is 41.1 Å². The molecule has 0 aromatic rings. The molecule has 1 aliphatic heterocycles. The van der Waals surface area contributed by atoms with Gasteiger partial charge in [-0.05, 0) is 37.8 Å². The molecule has 0 aliphatic carbocycles. The third-order valence-corrected chi connectivity index (χ3v) is 3.14. The minimum Gasteiger partial charge on any atom is -0.356 e. The predicted molar refractivity (Wildman–Crippen MR) is 68.9 cm³/mol. The van der Waals surface area contributed by atoms with Gasteiger partial charge in [-0.2, -0.15) is 11.8 Å². The molecule has 3 nitrogen and oxygen atoms in total. The van der Waals surface area contributed by atoms with E-state index in [0.29, 0.717) is 12.5 Å². The molecule has 1 rings (SSSR count). The summed E-state index contributed by atoms with van der Waals surface area (Å²) in [7, 11) is 0. The van der Waals surface area contributed by atoms with Crippen LogP contribution in [0.3, 0.4) is 0 Å². The standard InChI is InChI=1S/C10H20N2OS.ClH/c1-14-7-3-6-12-10(13)8-9-4-2-5-11-9;/h9,11H,2-8H2,1H3,(H,12,13);1H. The first-order valence-electron chi connectivity index (χ1n) is 5.32. The Kier molecular flexibility index (Phi) is 9.35. The summed E-state index contributed by atoms with van der Waals surface area (Å²) in [6.45, 7) is 1.90. The molecule has 1 fully saturated rings. The van der Waals surface area contributed by atoms with Crippen molar-refractivity contribution in [1.82, 2.24) is 10.6 Å². The van der Waals surface area contributed by atoms with Crippen LogP contribution < -0.4 is 10.6 Å². The molecule has 1 amide bonds. The molecule has 0 radical (unpaired) electrons. The average molecular weight is 253 g/mol. The van der Waals surface area contributed by atoms with Crippen molar-refractivity contribution in [2.24, 2.45) is 0 Å². The Morgan fingerprint density at radius 3 is 3.00 bits per heavy atom. The van der Waals surface area contributed by atoms with Crippen LogP contribution in [0.25, 0.3) is 0 Å². The highest BCUT2D eigenvalue weighted by molar-refractivity contribution is 7.98. The van der Waals surface area contributed by atoms with Gasteiger partial charge in [-0.3, -0.25) is 4.79 Å². The number of carbonyl (C=O) groups excluding carboxylic acids is 1. The van der Waals surface area contributed by atoms with E-state index in [0.717, 1.165) is 31.7 Å². The average Bonchev–Trinajstić information content (AvgIpc) is 2.65. The summed E-state index contributed by atoms with van der Waals surface area (Å²) in [4.78, 5) is 11.4. The Balaban J connectivity index is 0.00000196. The number of hydrogen-bond donors (Lipinski definition) is 2. The second-order valence-corrected chi connectivity index (χ2v) is 4.68. The lowest BCUT2D eigenvalue weighted by molar-refractivity contribution is -0.121. The molecule has 1 atom stereocenters. The van der Waals surface area contributed by atoms with Crippen LogP contribution in [-0.4, -0.2) is 37.0 Å². The molecule has 0 bridgehead atoms. The van der Waals surface area contributed by atoms with E-state index in [1.54, 1.807) is 0 Å². The van der Waals surface area contributed by atoms with E-state index in [-0.39, 0.29) is 18.3 Å². The first-order valence-corrected chi connectivity index (χ1v) is 6.71. The second-order valence-electron chi connectivity index (χ2n) is 3.69. The Labute approximate surface area is 103 Å². The monoisotopic (exact) mass is 252 g/mol. The van der Waals surface area contributed by atoms with Gasteiger partial charge in [0.15, 0.2) is 0 Å². The summed E-state index contributed by atoms with van der Waals surface area (Å²) in [5.41, 5.74) is 0. The Bertz CT molecular complexity index is 175. The fourth-order valence-electron chi connectivity index (χ4n) is 1.67. The van der Waals surface area contributed by atoms with Crippen LogP contribution in [0.4, 0.5) is 0 Å². The van der Waals surface area contributed by atoms with E-state index >= 15 is 0 Å². The molecule has 1 aliphatic rings. The van der Waals surface area contributed by atoms with Gasteiger partial charge < -0.3 is 10.6 Å². The maximum absolute atomic E-state index is 11.4. The van der Waals surface area contributed by atoms with Crippen molar-refractivity contribution < 1.29 is 4.79 Å². The molecule has 1 heterocycles. The van der Waals surface area contributed by atoms with Gasteiger partial charge in [0.1, 0.15) is 0 Å². The minimum absolute atomic E-state index is 0. The van der Waals surface area contributed by atoms with Crippen LogP contribution in [0.2, 0.25) is 0 Å². The zero-order chi connectivity index (χ0) is 10.2. The highest BCUT2D eigenvalue weighted by atomic mass is 35.5. The number of halogens is 1. The van der Waals surface area contributed by atoms with Crippen molar-refractivity contribution in [1.29, 1.82) is 0 Å². The Morgan fingerprint density at radius 2 is 2.40 bits per heavy atom. The van der Waals surface area contributed by atoms with Crippen LogP contribution >= 0.6 is 24.2 Å². The zero-order valence-electron chi connectivity index (χ0n) is 9.25. The third kappa shape index (κ3) is 7.03. The van der Waals surface area contributed by atoms with Crippen molar-refractivity contribution in [3.8, 4) is 0 Å². The number of rotatable bonds is 6. The fourth-order valence-corrected chi connectivity index (χ4v) is 2.10. The van der Waals surface area contributed by atoms with Gasteiger partial charge in [0.05, 0.1) is 0 Å². The van der Waals surface area contributed by atoms with Crippen molar-refractivity contribution in [3.63, 3.8) is 0 Å². The summed E-state index contributed by atoms with van der Waals surface area (Å²) in [6, 6.07) is 0.426. The van der Waals surface area contributed by atoms with E-state index in [9.17, 15) is 4.79 Å². The molecule has 15 heavy (non-hydrogen) atoms. The minimum atomic E-state index is 0. The third-order valence-electron chi connectivity index (χ3n) is 2.44. The summed E-state index contributed by atoms with van der Waals surface area (Å²) in [5, 5.41) is 6.28. The molecule has 90 valence electrons. The van der Waals surface area contributed by atoms with Gasteiger partial charge in [-0.25, -0.2) is 0 Å².